The van der Waals surface area contributed by atoms with Gasteiger partial charge in [0.15, 0.2) is 0 Å². The van der Waals surface area contributed by atoms with Crippen molar-refractivity contribution in [2.45, 2.75) is 0 Å². The molecule has 1 amide bonds. The predicted molar refractivity (Wildman–Crippen MR) is 28.0 cm³/mol. The van der Waals surface area contributed by atoms with Gasteiger partial charge in [-0.05, 0) is 11.3 Å². The lowest BCUT2D eigenvalue weighted by molar-refractivity contribution is -0.283. The Morgan fingerprint density at radius 2 is 2.33 bits per heavy atom. The molecule has 48 valence electrons. The summed E-state index contributed by atoms with van der Waals surface area (Å²) in [5.41, 5.74) is 0. The molecule has 0 radical (unpaired) electrons. The van der Waals surface area contributed by atoms with E-state index < -0.39 is 5.91 Å². The first-order valence-corrected chi connectivity index (χ1v) is 2.33. The maximum atomic E-state index is 10.4. The molecule has 9 heavy (non-hydrogen) atoms. The Morgan fingerprint density at radius 3 is 3.11 bits per heavy atom. The fourth-order valence-corrected chi connectivity index (χ4v) is 0.392. The van der Waals surface area contributed by atoms with Gasteiger partial charge in [0.25, 0.3) is 0 Å². The van der Waals surface area contributed by atoms with Crippen LogP contribution in [0.25, 0.3) is 0 Å². The number of rotatable bonds is 0. The molecule has 0 aromatic rings. The van der Waals surface area contributed by atoms with Gasteiger partial charge in [-0.15, -0.1) is 0 Å². The topological polar surface area (TPSA) is 49.8 Å². The third-order valence-corrected chi connectivity index (χ3v) is 0.778. The lowest BCUT2D eigenvalue weighted by Crippen LogP contribution is -2.22. The van der Waals surface area contributed by atoms with Crippen molar-refractivity contribution < 1.29 is 14.8 Å². The maximum absolute atomic E-state index is 10.4. The average molecular weight is 127 g/mol. The normalized spacial score (nSPS) is 17.4. The zero-order valence-corrected chi connectivity index (χ0v) is 4.52. The van der Waals surface area contributed by atoms with Gasteiger partial charge in [0.05, 0.1) is 0 Å². The van der Waals surface area contributed by atoms with Gasteiger partial charge >= 0.3 is 5.91 Å². The van der Waals surface area contributed by atoms with Crippen molar-refractivity contribution in [2.24, 2.45) is 0 Å². The molecule has 0 bridgehead atoms. The molecule has 1 aliphatic rings. The Labute approximate surface area is 51.6 Å². The van der Waals surface area contributed by atoms with Gasteiger partial charge in [-0.3, -0.25) is 10.0 Å². The zero-order chi connectivity index (χ0) is 6.69. The second kappa shape index (κ2) is 2.32. The van der Waals surface area contributed by atoms with Gasteiger partial charge in [0, 0.05) is 6.08 Å². The summed E-state index contributed by atoms with van der Waals surface area (Å²) in [5.74, 6) is -0.597. The van der Waals surface area contributed by atoms with Crippen molar-refractivity contribution in [2.75, 3.05) is 0 Å². The molecule has 0 saturated carbocycles. The highest BCUT2D eigenvalue weighted by molar-refractivity contribution is 5.86. The first kappa shape index (κ1) is 5.84. The van der Waals surface area contributed by atoms with Crippen LogP contribution in [0.5, 0.6) is 0 Å². The smallest absolute Gasteiger partial charge is 0.308 e. The summed E-state index contributed by atoms with van der Waals surface area (Å²) < 4.78 is 0. The SMILES string of the molecule is O=C1C=CC=CON1O. The van der Waals surface area contributed by atoms with Gasteiger partial charge in [-0.2, -0.15) is 0 Å². The second-order valence-electron chi connectivity index (χ2n) is 1.40. The molecule has 1 heterocycles. The summed E-state index contributed by atoms with van der Waals surface area (Å²) in [6, 6.07) is 0. The molecule has 0 aromatic heterocycles. The minimum Gasteiger partial charge on any atom is -0.359 e. The van der Waals surface area contributed by atoms with Crippen LogP contribution in [0, 0.1) is 0 Å². The average Bonchev–Trinajstić information content (AvgIpc) is 1.99. The third kappa shape index (κ3) is 1.30. The zero-order valence-electron chi connectivity index (χ0n) is 4.52. The van der Waals surface area contributed by atoms with Crippen molar-refractivity contribution in [3.63, 3.8) is 0 Å². The van der Waals surface area contributed by atoms with Crippen LogP contribution in [0.3, 0.4) is 0 Å². The highest BCUT2D eigenvalue weighted by Gasteiger charge is 2.06. The number of hydrogen-bond acceptors (Lipinski definition) is 3. The van der Waals surface area contributed by atoms with Crippen LogP contribution in [0.2, 0.25) is 0 Å². The molecule has 0 spiro atoms. The van der Waals surface area contributed by atoms with Crippen molar-refractivity contribution in [1.82, 2.24) is 5.23 Å². The van der Waals surface area contributed by atoms with Crippen LogP contribution >= 0.6 is 0 Å². The van der Waals surface area contributed by atoms with E-state index in [1.54, 1.807) is 0 Å². The predicted octanol–water partition coefficient (Wildman–Crippen LogP) is 0.219. The third-order valence-electron chi connectivity index (χ3n) is 0.778. The molecule has 1 rings (SSSR count). The van der Waals surface area contributed by atoms with E-state index in [1.165, 1.54) is 24.5 Å². The van der Waals surface area contributed by atoms with Crippen molar-refractivity contribution in [3.8, 4) is 0 Å². The van der Waals surface area contributed by atoms with E-state index in [0.717, 1.165) is 0 Å². The van der Waals surface area contributed by atoms with Crippen LogP contribution in [0.1, 0.15) is 0 Å². The highest BCUT2D eigenvalue weighted by Crippen LogP contribution is 1.94. The Balaban J connectivity index is 2.69. The molecule has 0 fully saturated rings. The summed E-state index contributed by atoms with van der Waals surface area (Å²) in [6.07, 6.45) is 5.34. The Hall–Kier alpha value is -1.29. The standard InChI is InChI=1S/C5H5NO3/c7-5-3-1-2-4-9-6(5)8/h1-4,8H. The Kier molecular flexibility index (Phi) is 1.51. The molecule has 4 nitrogen and oxygen atoms in total. The van der Waals surface area contributed by atoms with Crippen LogP contribution in [-0.4, -0.2) is 16.3 Å². The van der Waals surface area contributed by atoms with Crippen molar-refractivity contribution in [1.29, 1.82) is 0 Å². The number of allylic oxidation sites excluding steroid dienone is 2. The minimum absolute atomic E-state index is 0.153. The van der Waals surface area contributed by atoms with E-state index in [-0.39, 0.29) is 5.23 Å². The van der Waals surface area contributed by atoms with E-state index in [2.05, 4.69) is 4.84 Å². The number of nitrogens with zero attached hydrogens (tertiary/aromatic N) is 1. The highest BCUT2D eigenvalue weighted by atomic mass is 16.9. The Morgan fingerprint density at radius 1 is 1.56 bits per heavy atom. The van der Waals surface area contributed by atoms with Crippen molar-refractivity contribution >= 4 is 5.91 Å². The van der Waals surface area contributed by atoms with E-state index in [0.29, 0.717) is 0 Å². The minimum atomic E-state index is -0.597. The van der Waals surface area contributed by atoms with Crippen LogP contribution in [0.15, 0.2) is 24.5 Å². The summed E-state index contributed by atoms with van der Waals surface area (Å²) >= 11 is 0. The first-order valence-electron chi connectivity index (χ1n) is 2.33. The first-order chi connectivity index (χ1) is 4.30. The van der Waals surface area contributed by atoms with E-state index >= 15 is 0 Å². The van der Waals surface area contributed by atoms with Gasteiger partial charge in [-0.25, -0.2) is 0 Å². The number of carbonyl (C=O) groups is 1. The fraction of sp³-hybridized carbons (Fsp3) is 0. The molecule has 0 saturated heterocycles. The molecule has 4 heteroatoms. The van der Waals surface area contributed by atoms with Gasteiger partial charge in [0.1, 0.15) is 6.26 Å². The van der Waals surface area contributed by atoms with Gasteiger partial charge in [0.2, 0.25) is 0 Å². The number of hydrogen-bond donors (Lipinski definition) is 1. The largest absolute Gasteiger partial charge is 0.359 e. The number of carbonyl (C=O) groups excluding carboxylic acids is 1. The molecular formula is C5H5NO3. The van der Waals surface area contributed by atoms with Crippen LogP contribution < -0.4 is 0 Å². The summed E-state index contributed by atoms with van der Waals surface area (Å²) in [7, 11) is 0. The Bertz CT molecular complexity index is 173. The van der Waals surface area contributed by atoms with Crippen LogP contribution in [0.4, 0.5) is 0 Å². The molecule has 1 N–H and O–H groups in total. The molecule has 0 aliphatic carbocycles. The van der Waals surface area contributed by atoms with E-state index in [4.69, 9.17) is 5.21 Å². The van der Waals surface area contributed by atoms with E-state index in [1.807, 2.05) is 0 Å². The molecule has 0 aromatic carbocycles. The molecular weight excluding hydrogens is 122 g/mol. The molecule has 0 atom stereocenters. The summed E-state index contributed by atoms with van der Waals surface area (Å²) in [4.78, 5) is 14.7. The number of hydroxylamine groups is 2. The lowest BCUT2D eigenvalue weighted by atomic mass is 10.5. The number of amides is 1. The monoisotopic (exact) mass is 127 g/mol. The molecule has 0 unspecified atom stereocenters. The molecule has 1 aliphatic heterocycles. The fourth-order valence-electron chi connectivity index (χ4n) is 0.392. The van der Waals surface area contributed by atoms with Crippen molar-refractivity contribution in [3.05, 3.63) is 24.5 Å². The van der Waals surface area contributed by atoms with E-state index in [9.17, 15) is 4.79 Å². The quantitative estimate of drug-likeness (QED) is 0.473. The summed E-state index contributed by atoms with van der Waals surface area (Å²) in [6.45, 7) is 0. The van der Waals surface area contributed by atoms with Gasteiger partial charge in [-0.1, -0.05) is 6.08 Å². The van der Waals surface area contributed by atoms with Crippen LogP contribution in [-0.2, 0) is 9.63 Å². The second-order valence-corrected chi connectivity index (χ2v) is 1.40. The van der Waals surface area contributed by atoms with Gasteiger partial charge < -0.3 is 4.84 Å². The lowest BCUT2D eigenvalue weighted by Gasteiger charge is -2.06. The maximum Gasteiger partial charge on any atom is 0.308 e. The summed E-state index contributed by atoms with van der Waals surface area (Å²) in [5, 5.41) is 8.67.